The van der Waals surface area contributed by atoms with Crippen LogP contribution in [0.15, 0.2) is 12.1 Å². The minimum absolute atomic E-state index is 0.0557. The van der Waals surface area contributed by atoms with Crippen molar-refractivity contribution in [3.63, 3.8) is 0 Å². The molecule has 0 radical (unpaired) electrons. The lowest BCUT2D eigenvalue weighted by Crippen LogP contribution is -2.26. The van der Waals surface area contributed by atoms with Gasteiger partial charge in [0.25, 0.3) is 0 Å². The molecule has 0 spiro atoms. The number of aromatic nitrogens is 1. The van der Waals surface area contributed by atoms with E-state index in [1.807, 2.05) is 6.07 Å². The molecule has 0 amide bonds. The fraction of sp³-hybridized carbons (Fsp3) is 0.583. The highest BCUT2D eigenvalue weighted by atomic mass is 16.3. The summed E-state index contributed by atoms with van der Waals surface area (Å²) >= 11 is 0. The van der Waals surface area contributed by atoms with E-state index in [-0.39, 0.29) is 12.1 Å². The summed E-state index contributed by atoms with van der Waals surface area (Å²) in [4.78, 5) is 4.60. The predicted octanol–water partition coefficient (Wildman–Crippen LogP) is 1.51. The van der Waals surface area contributed by atoms with Crippen molar-refractivity contribution < 1.29 is 5.11 Å². The molecule has 1 aromatic rings. The number of hydrogen-bond donors (Lipinski definition) is 2. The number of anilines is 1. The Morgan fingerprint density at radius 2 is 2.20 bits per heavy atom. The van der Waals surface area contributed by atoms with Crippen LogP contribution in [0.5, 0.6) is 0 Å². The van der Waals surface area contributed by atoms with Crippen LogP contribution in [0.4, 0.5) is 5.82 Å². The molecule has 15 heavy (non-hydrogen) atoms. The van der Waals surface area contributed by atoms with Crippen molar-refractivity contribution in [1.82, 2.24) is 4.98 Å². The molecule has 0 aromatic carbocycles. The molecule has 0 unspecified atom stereocenters. The van der Waals surface area contributed by atoms with E-state index >= 15 is 0 Å². The molecule has 0 aliphatic heterocycles. The molecule has 80 valence electrons. The number of nitrogens with one attached hydrogen (secondary N) is 1. The van der Waals surface area contributed by atoms with Gasteiger partial charge in [0.15, 0.2) is 0 Å². The van der Waals surface area contributed by atoms with E-state index in [2.05, 4.69) is 16.4 Å². The molecule has 0 bridgehead atoms. The van der Waals surface area contributed by atoms with Crippen LogP contribution in [0.2, 0.25) is 0 Å². The first-order chi connectivity index (χ1) is 7.31. The van der Waals surface area contributed by atoms with Crippen LogP contribution in [-0.4, -0.2) is 22.2 Å². The molecule has 3 heteroatoms. The first-order valence-corrected chi connectivity index (χ1v) is 5.69. The average molecular weight is 204 g/mol. The second-order valence-corrected chi connectivity index (χ2v) is 4.72. The van der Waals surface area contributed by atoms with Crippen molar-refractivity contribution in [3.8, 4) is 0 Å². The molecular weight excluding hydrogens is 188 g/mol. The van der Waals surface area contributed by atoms with Crippen LogP contribution in [0, 0.1) is 0 Å². The Hall–Kier alpha value is -1.09. The molecule has 0 atom stereocenters. The summed E-state index contributed by atoms with van der Waals surface area (Å²) in [6, 6.07) is 4.21. The third-order valence-electron chi connectivity index (χ3n) is 3.48. The number of fused-ring (bicyclic) bond motifs is 1. The number of pyridine rings is 1. The zero-order valence-electron chi connectivity index (χ0n) is 8.79. The highest BCUT2D eigenvalue weighted by molar-refractivity contribution is 5.44. The zero-order valence-corrected chi connectivity index (χ0v) is 8.79. The summed E-state index contributed by atoms with van der Waals surface area (Å²) in [5.41, 5.74) is 2.59. The summed E-state index contributed by atoms with van der Waals surface area (Å²) in [6.07, 6.45) is 5.63. The van der Waals surface area contributed by atoms with Gasteiger partial charge in [-0.25, -0.2) is 4.98 Å². The zero-order chi connectivity index (χ0) is 10.3. The van der Waals surface area contributed by atoms with Gasteiger partial charge in [-0.1, -0.05) is 6.07 Å². The van der Waals surface area contributed by atoms with Crippen molar-refractivity contribution in [3.05, 3.63) is 23.4 Å². The van der Waals surface area contributed by atoms with Gasteiger partial charge < -0.3 is 10.4 Å². The topological polar surface area (TPSA) is 45.1 Å². The first kappa shape index (κ1) is 9.16. The summed E-state index contributed by atoms with van der Waals surface area (Å²) in [5, 5.41) is 12.6. The number of aliphatic hydroxyl groups excluding tert-OH is 1. The highest BCUT2D eigenvalue weighted by Gasteiger charge is 2.42. The molecular formula is C12H16N2O. The summed E-state index contributed by atoms with van der Waals surface area (Å²) in [5.74, 6) is 0.933. The van der Waals surface area contributed by atoms with Crippen LogP contribution in [0.3, 0.4) is 0 Å². The lowest BCUT2D eigenvalue weighted by molar-refractivity contribution is 0.266. The molecule has 2 aliphatic rings. The van der Waals surface area contributed by atoms with Gasteiger partial charge in [0.05, 0.1) is 12.1 Å². The van der Waals surface area contributed by atoms with E-state index in [1.54, 1.807) is 0 Å². The van der Waals surface area contributed by atoms with E-state index in [9.17, 15) is 5.11 Å². The van der Waals surface area contributed by atoms with Crippen molar-refractivity contribution >= 4 is 5.82 Å². The molecule has 1 heterocycles. The maximum atomic E-state index is 9.22. The van der Waals surface area contributed by atoms with Crippen molar-refractivity contribution in [2.45, 2.75) is 37.6 Å². The largest absolute Gasteiger partial charge is 0.394 e. The lowest BCUT2D eigenvalue weighted by Gasteiger charge is -2.15. The van der Waals surface area contributed by atoms with Crippen LogP contribution in [0.25, 0.3) is 0 Å². The second kappa shape index (κ2) is 3.20. The summed E-state index contributed by atoms with van der Waals surface area (Å²) in [6.45, 7) is 0.214. The monoisotopic (exact) mass is 204 g/mol. The molecule has 1 fully saturated rings. The predicted molar refractivity (Wildman–Crippen MR) is 58.9 cm³/mol. The van der Waals surface area contributed by atoms with Crippen molar-refractivity contribution in [2.75, 3.05) is 11.9 Å². The lowest BCUT2D eigenvalue weighted by atomic mass is 10.2. The van der Waals surface area contributed by atoms with Gasteiger partial charge in [-0.2, -0.15) is 0 Å². The van der Waals surface area contributed by atoms with E-state index in [1.165, 1.54) is 24.1 Å². The van der Waals surface area contributed by atoms with Gasteiger partial charge in [-0.3, -0.25) is 0 Å². The van der Waals surface area contributed by atoms with Gasteiger partial charge in [-0.15, -0.1) is 0 Å². The SMILES string of the molecule is OCC1(Nc2ccc3c(n2)CCC3)CC1. The Balaban J connectivity index is 1.81. The maximum Gasteiger partial charge on any atom is 0.126 e. The van der Waals surface area contributed by atoms with Gasteiger partial charge in [0.2, 0.25) is 0 Å². The molecule has 1 aromatic heterocycles. The Morgan fingerprint density at radius 1 is 1.33 bits per heavy atom. The summed E-state index contributed by atoms with van der Waals surface area (Å²) < 4.78 is 0. The van der Waals surface area contributed by atoms with Crippen LogP contribution >= 0.6 is 0 Å². The van der Waals surface area contributed by atoms with E-state index < -0.39 is 0 Å². The quantitative estimate of drug-likeness (QED) is 0.784. The number of aryl methyl sites for hydroxylation is 2. The molecule has 1 saturated carbocycles. The maximum absolute atomic E-state index is 9.22. The number of hydrogen-bond acceptors (Lipinski definition) is 3. The molecule has 2 N–H and O–H groups in total. The van der Waals surface area contributed by atoms with Gasteiger partial charge in [-0.05, 0) is 43.7 Å². The number of rotatable bonds is 3. The molecule has 3 rings (SSSR count). The normalized spacial score (nSPS) is 21.1. The minimum Gasteiger partial charge on any atom is -0.394 e. The fourth-order valence-corrected chi connectivity index (χ4v) is 2.24. The number of nitrogens with zero attached hydrogens (tertiary/aromatic N) is 1. The third-order valence-corrected chi connectivity index (χ3v) is 3.48. The third kappa shape index (κ3) is 1.61. The van der Waals surface area contributed by atoms with E-state index in [0.29, 0.717) is 0 Å². The van der Waals surface area contributed by atoms with Crippen molar-refractivity contribution in [1.29, 1.82) is 0 Å². The number of aliphatic hydroxyl groups is 1. The van der Waals surface area contributed by atoms with Crippen LogP contribution in [-0.2, 0) is 12.8 Å². The second-order valence-electron chi connectivity index (χ2n) is 4.72. The fourth-order valence-electron chi connectivity index (χ4n) is 2.24. The molecule has 3 nitrogen and oxygen atoms in total. The van der Waals surface area contributed by atoms with Gasteiger partial charge in [0.1, 0.15) is 5.82 Å². The Bertz CT molecular complexity index is 385. The molecule has 0 saturated heterocycles. The van der Waals surface area contributed by atoms with E-state index in [4.69, 9.17) is 0 Å². The van der Waals surface area contributed by atoms with Gasteiger partial charge in [0, 0.05) is 5.69 Å². The smallest absolute Gasteiger partial charge is 0.126 e. The minimum atomic E-state index is -0.0557. The Morgan fingerprint density at radius 3 is 2.93 bits per heavy atom. The van der Waals surface area contributed by atoms with Gasteiger partial charge >= 0.3 is 0 Å². The Kier molecular flexibility index (Phi) is 1.96. The Labute approximate surface area is 89.5 Å². The molecule has 2 aliphatic carbocycles. The van der Waals surface area contributed by atoms with Crippen LogP contribution < -0.4 is 5.32 Å². The van der Waals surface area contributed by atoms with Crippen LogP contribution in [0.1, 0.15) is 30.5 Å². The average Bonchev–Trinajstić information content (AvgIpc) is 2.88. The highest BCUT2D eigenvalue weighted by Crippen LogP contribution is 2.38. The van der Waals surface area contributed by atoms with E-state index in [0.717, 1.165) is 25.1 Å². The first-order valence-electron chi connectivity index (χ1n) is 5.69. The summed E-state index contributed by atoms with van der Waals surface area (Å²) in [7, 11) is 0. The standard InChI is InChI=1S/C12H16N2O/c15-8-12(6-7-12)14-11-5-4-9-2-1-3-10(9)13-11/h4-5,15H,1-3,6-8H2,(H,13,14). The van der Waals surface area contributed by atoms with Crippen molar-refractivity contribution in [2.24, 2.45) is 0 Å².